The Morgan fingerprint density at radius 3 is 2.67 bits per heavy atom. The Kier molecular flexibility index (Phi) is 5.56. The quantitative estimate of drug-likeness (QED) is 0.573. The summed E-state index contributed by atoms with van der Waals surface area (Å²) in [7, 11) is -4.14. The Morgan fingerprint density at radius 1 is 1.17 bits per heavy atom. The van der Waals surface area contributed by atoms with Crippen LogP contribution >= 0.6 is 11.3 Å². The second-order valence-corrected chi connectivity index (χ2v) is 9.11. The number of thiazole rings is 1. The number of hydrogen-bond acceptors (Lipinski definition) is 6. The zero-order chi connectivity index (χ0) is 21.3. The smallest absolute Gasteiger partial charge is 0.265 e. The molecule has 6 nitrogen and oxygen atoms in total. The number of benzene rings is 2. The standard InChI is InChI=1S/C19H17F3N4O2S2/c20-12-1-3-16(17(7-12)26-6-5-13(21)9-26)24-14-2-4-18(15(22)8-14)30(27,28)25-19-10-29-11-23-19/h1-4,7-8,10-11,13,24-25H,5-6,9H2/t13-/m1/s1. The highest BCUT2D eigenvalue weighted by Gasteiger charge is 2.25. The van der Waals surface area contributed by atoms with Crippen molar-refractivity contribution in [1.82, 2.24) is 4.98 Å². The molecule has 2 heterocycles. The average molecular weight is 454 g/mol. The van der Waals surface area contributed by atoms with Gasteiger partial charge in [-0.3, -0.25) is 4.72 Å². The van der Waals surface area contributed by atoms with E-state index in [4.69, 9.17) is 0 Å². The van der Waals surface area contributed by atoms with Crippen molar-refractivity contribution in [3.63, 3.8) is 0 Å². The van der Waals surface area contributed by atoms with E-state index in [0.29, 0.717) is 24.3 Å². The Morgan fingerprint density at radius 2 is 2.00 bits per heavy atom. The molecule has 1 fully saturated rings. The molecule has 2 N–H and O–H groups in total. The van der Waals surface area contributed by atoms with Crippen molar-refractivity contribution in [2.45, 2.75) is 17.5 Å². The zero-order valence-corrected chi connectivity index (χ0v) is 17.1. The molecule has 0 aliphatic carbocycles. The topological polar surface area (TPSA) is 74.3 Å². The van der Waals surface area contributed by atoms with Gasteiger partial charge in [-0.1, -0.05) is 0 Å². The van der Waals surface area contributed by atoms with Crippen molar-refractivity contribution in [2.24, 2.45) is 0 Å². The maximum Gasteiger partial charge on any atom is 0.265 e. The largest absolute Gasteiger partial charge is 0.367 e. The van der Waals surface area contributed by atoms with Crippen LogP contribution in [0.4, 0.5) is 36.1 Å². The van der Waals surface area contributed by atoms with Crippen molar-refractivity contribution in [3.05, 3.63) is 58.9 Å². The number of nitrogens with one attached hydrogen (secondary N) is 2. The molecule has 0 saturated carbocycles. The van der Waals surface area contributed by atoms with Gasteiger partial charge in [-0.25, -0.2) is 26.6 Å². The first-order chi connectivity index (χ1) is 14.3. The van der Waals surface area contributed by atoms with Crippen molar-refractivity contribution in [1.29, 1.82) is 0 Å². The first kappa shape index (κ1) is 20.5. The minimum Gasteiger partial charge on any atom is -0.367 e. The van der Waals surface area contributed by atoms with Crippen LogP contribution in [0.15, 0.2) is 52.2 Å². The third kappa shape index (κ3) is 4.36. The van der Waals surface area contributed by atoms with E-state index < -0.39 is 32.7 Å². The van der Waals surface area contributed by atoms with E-state index in [2.05, 4.69) is 15.0 Å². The van der Waals surface area contributed by atoms with Gasteiger partial charge < -0.3 is 10.2 Å². The van der Waals surface area contributed by atoms with Gasteiger partial charge in [-0.15, -0.1) is 11.3 Å². The molecule has 1 saturated heterocycles. The van der Waals surface area contributed by atoms with Crippen molar-refractivity contribution in [3.8, 4) is 0 Å². The van der Waals surface area contributed by atoms with Gasteiger partial charge >= 0.3 is 0 Å². The van der Waals surface area contributed by atoms with Crippen LogP contribution in [0.3, 0.4) is 0 Å². The second-order valence-electron chi connectivity index (χ2n) is 6.74. The molecule has 11 heteroatoms. The van der Waals surface area contributed by atoms with E-state index in [-0.39, 0.29) is 18.1 Å². The van der Waals surface area contributed by atoms with E-state index in [1.807, 2.05) is 0 Å². The molecule has 0 unspecified atom stereocenters. The molecule has 1 aliphatic rings. The highest BCUT2D eigenvalue weighted by molar-refractivity contribution is 7.92. The van der Waals surface area contributed by atoms with Crippen molar-refractivity contribution in [2.75, 3.05) is 28.0 Å². The third-order valence-corrected chi connectivity index (χ3v) is 6.58. The average Bonchev–Trinajstić information content (AvgIpc) is 3.34. The van der Waals surface area contributed by atoms with E-state index in [1.165, 1.54) is 46.5 Å². The fourth-order valence-corrected chi connectivity index (χ4v) is 4.83. The predicted molar refractivity (Wildman–Crippen MR) is 111 cm³/mol. The zero-order valence-electron chi connectivity index (χ0n) is 15.5. The van der Waals surface area contributed by atoms with E-state index in [9.17, 15) is 21.6 Å². The summed E-state index contributed by atoms with van der Waals surface area (Å²) in [5.41, 5.74) is 2.63. The van der Waals surface area contributed by atoms with Gasteiger partial charge in [-0.2, -0.15) is 0 Å². The van der Waals surface area contributed by atoms with Crippen LogP contribution in [0.25, 0.3) is 0 Å². The van der Waals surface area contributed by atoms with Crippen LogP contribution in [0.5, 0.6) is 0 Å². The van der Waals surface area contributed by atoms with Gasteiger partial charge in [0.2, 0.25) is 0 Å². The Bertz CT molecular complexity index is 1160. The summed E-state index contributed by atoms with van der Waals surface area (Å²) in [6, 6.07) is 7.55. The van der Waals surface area contributed by atoms with E-state index >= 15 is 0 Å². The lowest BCUT2D eigenvalue weighted by atomic mass is 10.2. The number of sulfonamides is 1. The SMILES string of the molecule is O=S(=O)(Nc1cscn1)c1ccc(Nc2ccc(F)cc2N2CC[C@@H](F)C2)cc1F. The van der Waals surface area contributed by atoms with Crippen LogP contribution in [0.2, 0.25) is 0 Å². The minimum absolute atomic E-state index is 0.106. The molecule has 30 heavy (non-hydrogen) atoms. The molecule has 0 bridgehead atoms. The highest BCUT2D eigenvalue weighted by atomic mass is 32.2. The monoisotopic (exact) mass is 454 g/mol. The van der Waals surface area contributed by atoms with Gasteiger partial charge in [0, 0.05) is 24.2 Å². The maximum atomic E-state index is 14.6. The number of nitrogens with zero attached hydrogens (tertiary/aromatic N) is 2. The molecule has 1 aromatic heterocycles. The molecule has 0 spiro atoms. The van der Waals surface area contributed by atoms with Gasteiger partial charge in [0.25, 0.3) is 10.0 Å². The summed E-state index contributed by atoms with van der Waals surface area (Å²) in [4.78, 5) is 5.01. The number of halogens is 3. The fraction of sp³-hybridized carbons (Fsp3) is 0.211. The molecular formula is C19H17F3N4O2S2. The van der Waals surface area contributed by atoms with Crippen LogP contribution in [-0.2, 0) is 10.0 Å². The molecule has 3 aromatic rings. The van der Waals surface area contributed by atoms with Crippen LogP contribution in [0, 0.1) is 11.6 Å². The van der Waals surface area contributed by atoms with Crippen molar-refractivity contribution < 1.29 is 21.6 Å². The molecule has 1 atom stereocenters. The van der Waals surface area contributed by atoms with Gasteiger partial charge in [0.15, 0.2) is 5.82 Å². The first-order valence-electron chi connectivity index (χ1n) is 8.98. The number of alkyl halides is 1. The van der Waals surface area contributed by atoms with Crippen LogP contribution in [0.1, 0.15) is 6.42 Å². The number of rotatable bonds is 6. The molecular weight excluding hydrogens is 437 g/mol. The third-order valence-electron chi connectivity index (χ3n) is 4.60. The van der Waals surface area contributed by atoms with Crippen LogP contribution in [-0.4, -0.2) is 32.7 Å². The Balaban J connectivity index is 1.59. The maximum absolute atomic E-state index is 14.6. The minimum atomic E-state index is -4.14. The fourth-order valence-electron chi connectivity index (χ4n) is 3.22. The lowest BCUT2D eigenvalue weighted by Gasteiger charge is -2.22. The Hall–Kier alpha value is -2.79. The Labute approximate surface area is 175 Å². The van der Waals surface area contributed by atoms with Crippen LogP contribution < -0.4 is 14.9 Å². The van der Waals surface area contributed by atoms with E-state index in [0.717, 1.165) is 12.1 Å². The van der Waals surface area contributed by atoms with Gasteiger partial charge in [-0.05, 0) is 42.8 Å². The van der Waals surface area contributed by atoms with E-state index in [1.54, 1.807) is 4.90 Å². The predicted octanol–water partition coefficient (Wildman–Crippen LogP) is 4.51. The number of anilines is 4. The summed E-state index contributed by atoms with van der Waals surface area (Å²) in [5.74, 6) is -1.33. The summed E-state index contributed by atoms with van der Waals surface area (Å²) < 4.78 is 68.9. The summed E-state index contributed by atoms with van der Waals surface area (Å²) in [6.07, 6.45) is -0.642. The lowest BCUT2D eigenvalue weighted by molar-refractivity contribution is 0.364. The summed E-state index contributed by atoms with van der Waals surface area (Å²) >= 11 is 1.20. The number of aromatic nitrogens is 1. The normalized spacial score (nSPS) is 16.6. The van der Waals surface area contributed by atoms with Gasteiger partial charge in [0.1, 0.15) is 22.7 Å². The first-order valence-corrected chi connectivity index (χ1v) is 11.4. The molecule has 4 rings (SSSR count). The summed E-state index contributed by atoms with van der Waals surface area (Å²) in [6.45, 7) is 0.582. The number of hydrogen-bond donors (Lipinski definition) is 2. The molecule has 1 aliphatic heterocycles. The molecule has 2 aromatic carbocycles. The molecule has 158 valence electrons. The second kappa shape index (κ2) is 8.15. The lowest BCUT2D eigenvalue weighted by Crippen LogP contribution is -2.21. The molecule has 0 amide bonds. The summed E-state index contributed by atoms with van der Waals surface area (Å²) in [5, 5.41) is 4.45. The van der Waals surface area contributed by atoms with Crippen molar-refractivity contribution >= 4 is 44.2 Å². The van der Waals surface area contributed by atoms with Gasteiger partial charge in [0.05, 0.1) is 16.9 Å². The highest BCUT2D eigenvalue weighted by Crippen LogP contribution is 2.33. The molecule has 0 radical (unpaired) electrons.